The number of pyridine rings is 6. The van der Waals surface area contributed by atoms with Crippen LogP contribution in [0.4, 0.5) is 0 Å². The number of imidazole rings is 1. The molecule has 150 heavy (non-hydrogen) atoms. The van der Waals surface area contributed by atoms with Gasteiger partial charge in [0.15, 0.2) is 17.5 Å². The standard InChI is InChI=1S/C53H34N2.C47H29N3.C36H24N6.3CH4/c1-2-16-44(17-3-1)55-50-21-11-10-20-49(50)54-53(55)38-26-22-37(23-27-38)41-30-31-47-48(34-41)52(43-29-25-36-13-5-7-15-40(36)33-43)46-19-9-8-18-45(46)51(47)42-28-24-35-12-4-6-14-39(35)32-42;1-5-16-30(17-6-1)40-34-24-13-14-25-35(34)41(31-18-7-2-8-19-31)44-39-29-28-37(36-26-15-27-38(42(36)39)43(40)44)47-49-45(32-20-9-3-10-21-32)48-46(50-47)33-22-11-4-12-23-33;1-3-17-38-31(8-1)33-14-12-26(23-40-33)29-19-28(25-7-6-16-37-22-25)20-30(21-29)27-13-15-34(41-24-27)36-11-5-10-35(42-36)32-9-2-4-18-39-32;;;/h1-34H;1-29H;1-24H;3*1H4. The molecular formula is C139H99N11. The fourth-order valence-corrected chi connectivity index (χ4v) is 21.1. The zero-order valence-electron chi connectivity index (χ0n) is 79.6. The second kappa shape index (κ2) is 41.1. The van der Waals surface area contributed by atoms with Gasteiger partial charge in [-0.05, 0) is 281 Å². The number of hydrogen-bond donors (Lipinski definition) is 0. The van der Waals surface area contributed by atoms with E-state index in [2.05, 4.69) is 402 Å². The fraction of sp³-hybridized carbons (Fsp3) is 0.0216. The predicted molar refractivity (Wildman–Crippen MR) is 625 cm³/mol. The van der Waals surface area contributed by atoms with Crippen molar-refractivity contribution in [3.05, 3.63) is 529 Å². The summed E-state index contributed by atoms with van der Waals surface area (Å²) in [5.74, 6) is 2.91. The van der Waals surface area contributed by atoms with Crippen LogP contribution in [0.15, 0.2) is 529 Å². The van der Waals surface area contributed by atoms with Gasteiger partial charge in [-0.1, -0.05) is 392 Å². The van der Waals surface area contributed by atoms with E-state index in [9.17, 15) is 0 Å². The summed E-state index contributed by atoms with van der Waals surface area (Å²) in [6.07, 6.45) is 11.0. The van der Waals surface area contributed by atoms with Crippen molar-refractivity contribution in [2.24, 2.45) is 0 Å². The normalized spacial score (nSPS) is 11.2. The van der Waals surface area contributed by atoms with Gasteiger partial charge in [-0.2, -0.15) is 0 Å². The summed E-state index contributed by atoms with van der Waals surface area (Å²) in [6.45, 7) is 0. The third-order valence-corrected chi connectivity index (χ3v) is 28.0. The molecule has 0 N–H and O–H groups in total. The molecule has 0 bridgehead atoms. The van der Waals surface area contributed by atoms with Gasteiger partial charge in [0.05, 0.1) is 45.2 Å². The van der Waals surface area contributed by atoms with Crippen LogP contribution >= 0.6 is 0 Å². The van der Waals surface area contributed by atoms with Gasteiger partial charge in [-0.15, -0.1) is 0 Å². The first-order chi connectivity index (χ1) is 72.9. The smallest absolute Gasteiger partial charge is 0.164 e. The maximum Gasteiger partial charge on any atom is 0.164 e. The Kier molecular flexibility index (Phi) is 25.7. The third-order valence-electron chi connectivity index (χ3n) is 28.0. The van der Waals surface area contributed by atoms with Crippen molar-refractivity contribution in [1.29, 1.82) is 0 Å². The Morgan fingerprint density at radius 1 is 0.173 bits per heavy atom. The lowest BCUT2D eigenvalue weighted by atomic mass is 9.82. The first-order valence-electron chi connectivity index (χ1n) is 49.4. The molecular weight excluding hydrogens is 1820 g/mol. The quantitative estimate of drug-likeness (QED) is 0.0861. The molecule has 28 rings (SSSR count). The van der Waals surface area contributed by atoms with Crippen LogP contribution in [0.25, 0.3) is 272 Å². The van der Waals surface area contributed by atoms with Crippen LogP contribution < -0.4 is 0 Å². The van der Waals surface area contributed by atoms with Gasteiger partial charge in [-0.25, -0.2) is 24.9 Å². The van der Waals surface area contributed by atoms with Crippen LogP contribution in [0.3, 0.4) is 0 Å². The summed E-state index contributed by atoms with van der Waals surface area (Å²) in [4.78, 5) is 47.8. The second-order valence-electron chi connectivity index (χ2n) is 36.8. The summed E-state index contributed by atoms with van der Waals surface area (Å²) < 4.78 is 2.26. The molecule has 0 atom stereocenters. The predicted octanol–water partition coefficient (Wildman–Crippen LogP) is 36.4. The molecule has 8 heterocycles. The van der Waals surface area contributed by atoms with E-state index in [4.69, 9.17) is 34.9 Å². The van der Waals surface area contributed by atoms with E-state index in [1.165, 1.54) is 132 Å². The maximum absolute atomic E-state index is 5.13. The molecule has 19 aromatic carbocycles. The number of hydrogen-bond acceptors (Lipinski definition) is 10. The van der Waals surface area contributed by atoms with Crippen LogP contribution in [0.5, 0.6) is 0 Å². The maximum atomic E-state index is 5.13. The van der Waals surface area contributed by atoms with E-state index < -0.39 is 0 Å². The Labute approximate surface area is 871 Å². The Bertz CT molecular complexity index is 9510. The number of para-hydroxylation sites is 3. The summed E-state index contributed by atoms with van der Waals surface area (Å²) in [5, 5.41) is 14.8. The van der Waals surface area contributed by atoms with Crippen LogP contribution in [0.2, 0.25) is 0 Å². The van der Waals surface area contributed by atoms with Crippen LogP contribution in [0.1, 0.15) is 22.3 Å². The highest BCUT2D eigenvalue weighted by Gasteiger charge is 2.33. The number of benzene rings is 19. The molecule has 0 unspecified atom stereocenters. The molecule has 1 aliphatic rings. The van der Waals surface area contributed by atoms with E-state index in [0.29, 0.717) is 17.5 Å². The zero-order valence-corrected chi connectivity index (χ0v) is 79.6. The Hall–Kier alpha value is -19.9. The van der Waals surface area contributed by atoms with Gasteiger partial charge < -0.3 is 0 Å². The van der Waals surface area contributed by atoms with Crippen molar-refractivity contribution in [3.8, 4) is 197 Å². The molecule has 0 aliphatic heterocycles. The summed E-state index contributed by atoms with van der Waals surface area (Å²) in [5.41, 5.74) is 35.6. The average molecular weight is 1920 g/mol. The minimum Gasteiger partial charge on any atom is -0.292 e. The fourth-order valence-electron chi connectivity index (χ4n) is 21.1. The molecule has 710 valence electrons. The van der Waals surface area contributed by atoms with Crippen molar-refractivity contribution >= 4 is 75.7 Å². The van der Waals surface area contributed by atoms with Crippen LogP contribution in [-0.2, 0) is 0 Å². The highest BCUT2D eigenvalue weighted by Crippen LogP contribution is 2.59. The Balaban J connectivity index is 0.000000123. The minimum absolute atomic E-state index is 0. The van der Waals surface area contributed by atoms with E-state index in [1.54, 1.807) is 18.6 Å². The first kappa shape index (κ1) is 93.7. The van der Waals surface area contributed by atoms with E-state index in [-0.39, 0.29) is 22.3 Å². The number of fused-ring (bicyclic) bond motifs is 9. The van der Waals surface area contributed by atoms with Gasteiger partial charge in [-0.3, -0.25) is 29.5 Å². The van der Waals surface area contributed by atoms with Crippen molar-refractivity contribution in [1.82, 2.24) is 54.4 Å². The molecule has 0 saturated heterocycles. The van der Waals surface area contributed by atoms with Gasteiger partial charge in [0.1, 0.15) is 5.82 Å². The van der Waals surface area contributed by atoms with Gasteiger partial charge in [0.25, 0.3) is 0 Å². The van der Waals surface area contributed by atoms with Crippen molar-refractivity contribution in [2.75, 3.05) is 0 Å². The largest absolute Gasteiger partial charge is 0.292 e. The van der Waals surface area contributed by atoms with Gasteiger partial charge in [0.2, 0.25) is 0 Å². The average Bonchev–Trinajstić information content (AvgIpc) is 1.52. The molecule has 0 fully saturated rings. The van der Waals surface area contributed by atoms with Crippen LogP contribution in [-0.4, -0.2) is 54.4 Å². The SMILES string of the molecule is C.C.C.c1ccc(-c2ccc(-c3cc(-c4cccnc4)cc(-c4ccc(-c5cccc(-c6ccccn6)n5)nc4)c3)cn2)nc1.c1ccc(-c2nc(-c3ccccc3)nc(-c3ccc4c5c(cccc35)-c3c-4c(-c4ccccc4)c4ccccc4c3-c3ccccc3)n2)cc1.c1ccc(-n2c(-c3ccc(-c4ccc5c(-c6ccc7ccccc7c6)c6ccccc6c(-c6ccc7ccccc7c6)c5c4)cc3)nc3ccccc32)cc1. The summed E-state index contributed by atoms with van der Waals surface area (Å²) in [7, 11) is 0. The number of rotatable bonds is 16. The molecule has 27 aromatic rings. The zero-order chi connectivity index (χ0) is 97.5. The Morgan fingerprint density at radius 2 is 0.567 bits per heavy atom. The van der Waals surface area contributed by atoms with E-state index in [0.717, 1.165) is 123 Å². The lowest BCUT2D eigenvalue weighted by molar-refractivity contribution is 1.08. The minimum atomic E-state index is 0. The molecule has 0 saturated carbocycles. The molecule has 8 aromatic heterocycles. The molecule has 1 aliphatic carbocycles. The molecule has 11 nitrogen and oxygen atoms in total. The first-order valence-corrected chi connectivity index (χ1v) is 49.4. The van der Waals surface area contributed by atoms with Crippen LogP contribution in [0, 0.1) is 0 Å². The van der Waals surface area contributed by atoms with Gasteiger partial charge >= 0.3 is 0 Å². The van der Waals surface area contributed by atoms with Gasteiger partial charge in [0, 0.05) is 81.8 Å². The third kappa shape index (κ3) is 17.8. The van der Waals surface area contributed by atoms with Crippen molar-refractivity contribution in [3.63, 3.8) is 0 Å². The second-order valence-corrected chi connectivity index (χ2v) is 36.8. The van der Waals surface area contributed by atoms with E-state index >= 15 is 0 Å². The monoisotopic (exact) mass is 1920 g/mol. The molecule has 0 radical (unpaired) electrons. The lowest BCUT2D eigenvalue weighted by Crippen LogP contribution is -2.00. The molecule has 0 spiro atoms. The summed E-state index contributed by atoms with van der Waals surface area (Å²) in [6, 6.07) is 173. The highest BCUT2D eigenvalue weighted by atomic mass is 15.1. The highest BCUT2D eigenvalue weighted by molar-refractivity contribution is 6.29. The van der Waals surface area contributed by atoms with Crippen molar-refractivity contribution in [2.45, 2.75) is 22.3 Å². The molecule has 11 heteroatoms. The number of nitrogens with zero attached hydrogens (tertiary/aromatic N) is 11. The topological polar surface area (TPSA) is 134 Å². The summed E-state index contributed by atoms with van der Waals surface area (Å²) >= 11 is 0. The van der Waals surface area contributed by atoms with E-state index in [1.807, 2.05) is 128 Å². The lowest BCUT2D eigenvalue weighted by Gasteiger charge is -2.20. The van der Waals surface area contributed by atoms with Crippen molar-refractivity contribution < 1.29 is 0 Å². The Morgan fingerprint density at radius 3 is 1.09 bits per heavy atom. The number of aromatic nitrogens is 11. The molecule has 0 amide bonds.